The van der Waals surface area contributed by atoms with Crippen LogP contribution in [0.4, 0.5) is 0 Å². The van der Waals surface area contributed by atoms with E-state index in [2.05, 4.69) is 49.6 Å². The summed E-state index contributed by atoms with van der Waals surface area (Å²) in [6, 6.07) is 0. The van der Waals surface area contributed by atoms with Crippen LogP contribution in [0.1, 0.15) is 20.3 Å². The molecule has 0 rings (SSSR count). The van der Waals surface area contributed by atoms with Crippen LogP contribution in [0.15, 0.2) is 10.3 Å². The molecule has 0 aliphatic carbocycles. The van der Waals surface area contributed by atoms with Gasteiger partial charge < -0.3 is 9.05 Å². The Labute approximate surface area is 107 Å². The highest BCUT2D eigenvalue weighted by atomic mass is 28.4. The molecule has 0 radical (unpaired) electrons. The maximum Gasteiger partial charge on any atom is 0.278 e. The molecule has 0 heterocycles. The lowest BCUT2D eigenvalue weighted by Gasteiger charge is -2.15. The van der Waals surface area contributed by atoms with E-state index in [0.29, 0.717) is 6.42 Å². The molecule has 0 fully saturated rings. The van der Waals surface area contributed by atoms with Crippen molar-refractivity contribution in [2.45, 2.75) is 59.6 Å². The Morgan fingerprint density at radius 1 is 0.765 bits per heavy atom. The third-order valence-electron chi connectivity index (χ3n) is 1.46. The Kier molecular flexibility index (Phi) is 6.11. The lowest BCUT2D eigenvalue weighted by molar-refractivity contribution is 0.331. The van der Waals surface area contributed by atoms with E-state index in [1.165, 1.54) is 0 Å². The fourth-order valence-electron chi connectivity index (χ4n) is 0.864. The van der Waals surface area contributed by atoms with Gasteiger partial charge in [0, 0.05) is 6.42 Å². The highest BCUT2D eigenvalue weighted by Gasteiger charge is 2.17. The average molecular weight is 275 g/mol. The maximum absolute atomic E-state index is 5.48. The summed E-state index contributed by atoms with van der Waals surface area (Å²) in [6.07, 6.45) is 0.703. The molecule has 0 amide bonds. The molecule has 0 bridgehead atoms. The van der Waals surface area contributed by atoms with E-state index in [1.807, 2.05) is 13.8 Å². The van der Waals surface area contributed by atoms with Crippen molar-refractivity contribution in [3.05, 3.63) is 0 Å². The van der Waals surface area contributed by atoms with Crippen LogP contribution in [0, 0.1) is 0 Å². The van der Waals surface area contributed by atoms with E-state index in [-0.39, 0.29) is 0 Å². The highest BCUT2D eigenvalue weighted by molar-refractivity contribution is 6.70. The molecule has 4 nitrogen and oxygen atoms in total. The predicted molar refractivity (Wildman–Crippen MR) is 79.7 cm³/mol. The second-order valence-corrected chi connectivity index (χ2v) is 15.1. The van der Waals surface area contributed by atoms with Gasteiger partial charge in [-0.2, -0.15) is 0 Å². The normalized spacial score (nSPS) is 14.8. The Morgan fingerprint density at radius 2 is 1.06 bits per heavy atom. The molecular weight excluding hydrogens is 248 g/mol. The third-order valence-corrected chi connectivity index (χ3v) is 2.74. The van der Waals surface area contributed by atoms with E-state index >= 15 is 0 Å². The zero-order chi connectivity index (χ0) is 13.7. The molecule has 0 aromatic carbocycles. The Hall–Kier alpha value is -0.626. The maximum atomic E-state index is 5.48. The summed E-state index contributed by atoms with van der Waals surface area (Å²) in [7, 11) is -3.14. The van der Waals surface area contributed by atoms with Crippen molar-refractivity contribution in [2.75, 3.05) is 0 Å². The van der Waals surface area contributed by atoms with E-state index in [9.17, 15) is 0 Å². The van der Waals surface area contributed by atoms with Crippen molar-refractivity contribution in [2.24, 2.45) is 10.3 Å². The molecule has 0 atom stereocenters. The van der Waals surface area contributed by atoms with Crippen LogP contribution >= 0.6 is 0 Å². The van der Waals surface area contributed by atoms with Crippen molar-refractivity contribution in [3.8, 4) is 0 Å². The molecule has 0 aromatic rings. The number of hydrogen-bond acceptors (Lipinski definition) is 4. The van der Waals surface area contributed by atoms with Gasteiger partial charge in [0.05, 0.1) is 11.4 Å². The summed E-state index contributed by atoms with van der Waals surface area (Å²) >= 11 is 0. The van der Waals surface area contributed by atoms with Gasteiger partial charge in [-0.25, -0.2) is 0 Å². The minimum Gasteiger partial charge on any atom is -0.456 e. The second-order valence-electron chi connectivity index (χ2n) is 6.24. The highest BCUT2D eigenvalue weighted by Crippen LogP contribution is 2.06. The first-order valence-corrected chi connectivity index (χ1v) is 12.7. The number of hydrogen-bond donors (Lipinski definition) is 0. The molecular formula is C11H26N2O2Si2. The fraction of sp³-hybridized carbons (Fsp3) is 0.818. The van der Waals surface area contributed by atoms with Gasteiger partial charge in [-0.15, -0.1) is 10.3 Å². The summed E-state index contributed by atoms with van der Waals surface area (Å²) < 4.78 is 11.0. The van der Waals surface area contributed by atoms with Crippen LogP contribution in [-0.2, 0) is 9.05 Å². The van der Waals surface area contributed by atoms with Gasteiger partial charge in [0.2, 0.25) is 0 Å². The minimum atomic E-state index is -1.57. The lowest BCUT2D eigenvalue weighted by Crippen LogP contribution is -2.24. The number of oxime groups is 2. The molecule has 0 aliphatic rings. The summed E-state index contributed by atoms with van der Waals surface area (Å²) in [4.78, 5) is 0. The summed E-state index contributed by atoms with van der Waals surface area (Å²) in [5.41, 5.74) is 1.88. The van der Waals surface area contributed by atoms with Gasteiger partial charge in [-0.1, -0.05) is 0 Å². The lowest BCUT2D eigenvalue weighted by atomic mass is 10.2. The Balaban J connectivity index is 4.25. The quantitative estimate of drug-likeness (QED) is 0.420. The summed E-state index contributed by atoms with van der Waals surface area (Å²) in [5.74, 6) is 0. The van der Waals surface area contributed by atoms with Gasteiger partial charge >= 0.3 is 0 Å². The van der Waals surface area contributed by atoms with Crippen molar-refractivity contribution in [3.63, 3.8) is 0 Å². The molecule has 0 aliphatic heterocycles. The van der Waals surface area contributed by atoms with E-state index < -0.39 is 16.6 Å². The summed E-state index contributed by atoms with van der Waals surface area (Å²) in [5, 5.41) is 8.27. The minimum absolute atomic E-state index is 0.703. The van der Waals surface area contributed by atoms with Crippen molar-refractivity contribution in [1.29, 1.82) is 0 Å². The summed E-state index contributed by atoms with van der Waals surface area (Å²) in [6.45, 7) is 16.6. The first-order valence-electron chi connectivity index (χ1n) is 5.93. The zero-order valence-electron chi connectivity index (χ0n) is 12.4. The van der Waals surface area contributed by atoms with E-state index in [4.69, 9.17) is 9.05 Å². The first kappa shape index (κ1) is 16.4. The Bertz CT molecular complexity index is 272. The van der Waals surface area contributed by atoms with Crippen LogP contribution in [0.3, 0.4) is 0 Å². The van der Waals surface area contributed by atoms with Crippen molar-refractivity contribution in [1.82, 2.24) is 0 Å². The second kappa shape index (κ2) is 6.35. The van der Waals surface area contributed by atoms with Gasteiger partial charge in [-0.05, 0) is 53.1 Å². The molecule has 6 heteroatoms. The molecule has 0 spiro atoms. The van der Waals surface area contributed by atoms with Crippen LogP contribution in [-0.4, -0.2) is 28.1 Å². The smallest absolute Gasteiger partial charge is 0.278 e. The monoisotopic (exact) mass is 274 g/mol. The van der Waals surface area contributed by atoms with E-state index in [1.54, 1.807) is 0 Å². The molecule has 0 saturated carbocycles. The largest absolute Gasteiger partial charge is 0.456 e. The fourth-order valence-corrected chi connectivity index (χ4v) is 1.72. The molecule has 0 aromatic heterocycles. The van der Waals surface area contributed by atoms with Crippen molar-refractivity contribution < 1.29 is 9.05 Å². The van der Waals surface area contributed by atoms with Gasteiger partial charge in [0.15, 0.2) is 0 Å². The number of nitrogens with zero attached hydrogens (tertiary/aromatic N) is 2. The van der Waals surface area contributed by atoms with Crippen molar-refractivity contribution >= 4 is 28.1 Å². The van der Waals surface area contributed by atoms with Crippen LogP contribution in [0.5, 0.6) is 0 Å². The standard InChI is InChI=1S/C11H26N2O2Si2/c1-10(12-14-16(3,4)5)9-11(2)13-15-17(6,7)8/h9H2,1-8H3. The zero-order valence-corrected chi connectivity index (χ0v) is 14.4. The van der Waals surface area contributed by atoms with Gasteiger partial charge in [0.25, 0.3) is 16.6 Å². The number of rotatable bonds is 6. The molecule has 0 saturated heterocycles. The van der Waals surface area contributed by atoms with Gasteiger partial charge in [0.1, 0.15) is 0 Å². The predicted octanol–water partition coefficient (Wildman–Crippen LogP) is 3.83. The molecule has 17 heavy (non-hydrogen) atoms. The average Bonchev–Trinajstić information content (AvgIpc) is 2.09. The first-order chi connectivity index (χ1) is 7.49. The molecule has 0 N–H and O–H groups in total. The van der Waals surface area contributed by atoms with Crippen LogP contribution < -0.4 is 0 Å². The van der Waals surface area contributed by atoms with Crippen LogP contribution in [0.25, 0.3) is 0 Å². The topological polar surface area (TPSA) is 43.2 Å². The molecule has 0 unspecified atom stereocenters. The third kappa shape index (κ3) is 11.6. The SMILES string of the molecule is CC(CC(C)=NO[Si](C)(C)C)=NO[Si](C)(C)C. The van der Waals surface area contributed by atoms with E-state index in [0.717, 1.165) is 11.4 Å². The molecule has 100 valence electrons. The Morgan fingerprint density at radius 3 is 1.29 bits per heavy atom. The van der Waals surface area contributed by atoms with Crippen LogP contribution in [0.2, 0.25) is 39.3 Å². The van der Waals surface area contributed by atoms with Gasteiger partial charge in [-0.3, -0.25) is 0 Å².